The summed E-state index contributed by atoms with van der Waals surface area (Å²) in [4.78, 5) is 4.52. The molecule has 1 rings (SSSR count). The Bertz CT molecular complexity index is 182. The molecule has 13 heavy (non-hydrogen) atoms. The smallest absolute Gasteiger partial charge is 0.156 e. The standard InChI is InChI=1S/C9H18N2S2/c1-7-6-13-9(11-7)10-5-4-8(2)12-3/h7-8H,4-6H2,1-3H3,(H,10,11). The number of hydrogen-bond donors (Lipinski definition) is 1. The number of aliphatic imine (C=N–C) groups is 1. The number of hydrogen-bond acceptors (Lipinski definition) is 3. The van der Waals surface area contributed by atoms with Crippen molar-refractivity contribution in [2.24, 2.45) is 4.99 Å². The summed E-state index contributed by atoms with van der Waals surface area (Å²) in [6.45, 7) is 5.41. The molecule has 76 valence electrons. The lowest BCUT2D eigenvalue weighted by Gasteiger charge is -2.05. The third kappa shape index (κ3) is 4.27. The number of amidine groups is 1. The van der Waals surface area contributed by atoms with Crippen molar-refractivity contribution in [3.05, 3.63) is 0 Å². The molecule has 1 N–H and O–H groups in total. The maximum Gasteiger partial charge on any atom is 0.156 e. The average Bonchev–Trinajstić information content (AvgIpc) is 2.51. The predicted molar refractivity (Wildman–Crippen MR) is 65.0 cm³/mol. The Balaban J connectivity index is 2.17. The first-order chi connectivity index (χ1) is 6.22. The van der Waals surface area contributed by atoms with E-state index in [0.717, 1.165) is 22.7 Å². The van der Waals surface area contributed by atoms with E-state index in [0.29, 0.717) is 6.04 Å². The van der Waals surface area contributed by atoms with Crippen LogP contribution in [0.5, 0.6) is 0 Å². The van der Waals surface area contributed by atoms with Crippen LogP contribution >= 0.6 is 23.5 Å². The molecule has 4 heteroatoms. The Labute approximate surface area is 89.3 Å². The van der Waals surface area contributed by atoms with Gasteiger partial charge in [0.05, 0.1) is 0 Å². The molecule has 1 saturated heterocycles. The highest BCUT2D eigenvalue weighted by Gasteiger charge is 2.14. The van der Waals surface area contributed by atoms with Crippen LogP contribution in [0.2, 0.25) is 0 Å². The normalized spacial score (nSPS) is 27.6. The van der Waals surface area contributed by atoms with E-state index in [9.17, 15) is 0 Å². The molecule has 0 radical (unpaired) electrons. The number of thioether (sulfide) groups is 2. The van der Waals surface area contributed by atoms with E-state index in [1.54, 1.807) is 0 Å². The third-order valence-electron chi connectivity index (χ3n) is 2.03. The Morgan fingerprint density at radius 3 is 3.08 bits per heavy atom. The summed E-state index contributed by atoms with van der Waals surface area (Å²) in [6.07, 6.45) is 3.34. The molecular weight excluding hydrogens is 200 g/mol. The summed E-state index contributed by atoms with van der Waals surface area (Å²) in [6, 6.07) is 0.599. The van der Waals surface area contributed by atoms with Gasteiger partial charge in [0.25, 0.3) is 0 Å². The fourth-order valence-electron chi connectivity index (χ4n) is 1.06. The number of rotatable bonds is 4. The van der Waals surface area contributed by atoms with E-state index >= 15 is 0 Å². The summed E-state index contributed by atoms with van der Waals surface area (Å²) in [7, 11) is 0. The molecule has 2 atom stereocenters. The molecule has 0 saturated carbocycles. The van der Waals surface area contributed by atoms with E-state index in [1.807, 2.05) is 23.5 Å². The van der Waals surface area contributed by atoms with Gasteiger partial charge in [-0.15, -0.1) is 0 Å². The molecule has 1 aliphatic rings. The van der Waals surface area contributed by atoms with Crippen molar-refractivity contribution in [2.75, 3.05) is 18.6 Å². The minimum Gasteiger partial charge on any atom is -0.362 e. The van der Waals surface area contributed by atoms with Crippen molar-refractivity contribution in [2.45, 2.75) is 31.6 Å². The van der Waals surface area contributed by atoms with Gasteiger partial charge in [0, 0.05) is 23.6 Å². The van der Waals surface area contributed by atoms with Crippen LogP contribution in [0.3, 0.4) is 0 Å². The predicted octanol–water partition coefficient (Wildman–Crippen LogP) is 2.21. The lowest BCUT2D eigenvalue weighted by molar-refractivity contribution is 0.758. The Morgan fingerprint density at radius 1 is 1.77 bits per heavy atom. The lowest BCUT2D eigenvalue weighted by atomic mass is 10.3. The van der Waals surface area contributed by atoms with Gasteiger partial charge in [0.15, 0.2) is 5.17 Å². The van der Waals surface area contributed by atoms with Crippen molar-refractivity contribution < 1.29 is 0 Å². The van der Waals surface area contributed by atoms with Crippen LogP contribution < -0.4 is 5.32 Å². The van der Waals surface area contributed by atoms with E-state index in [2.05, 4.69) is 30.4 Å². The number of nitrogens with one attached hydrogen (secondary N) is 1. The van der Waals surface area contributed by atoms with Gasteiger partial charge in [-0.3, -0.25) is 4.99 Å². The molecule has 0 aromatic rings. The van der Waals surface area contributed by atoms with Crippen LogP contribution in [-0.4, -0.2) is 35.0 Å². The van der Waals surface area contributed by atoms with Crippen LogP contribution in [0.1, 0.15) is 20.3 Å². The molecule has 1 fully saturated rings. The van der Waals surface area contributed by atoms with Gasteiger partial charge in [-0.25, -0.2) is 0 Å². The Hall–Kier alpha value is 0.170. The van der Waals surface area contributed by atoms with E-state index in [-0.39, 0.29) is 0 Å². The van der Waals surface area contributed by atoms with Gasteiger partial charge in [0.2, 0.25) is 0 Å². The van der Waals surface area contributed by atoms with Crippen LogP contribution in [-0.2, 0) is 0 Å². The van der Waals surface area contributed by atoms with Gasteiger partial charge in [-0.2, -0.15) is 11.8 Å². The van der Waals surface area contributed by atoms with E-state index in [4.69, 9.17) is 0 Å². The van der Waals surface area contributed by atoms with Crippen molar-refractivity contribution in [3.63, 3.8) is 0 Å². The molecule has 0 amide bonds. The van der Waals surface area contributed by atoms with E-state index < -0.39 is 0 Å². The zero-order chi connectivity index (χ0) is 9.68. The summed E-state index contributed by atoms with van der Waals surface area (Å²) in [5.74, 6) is 1.16. The van der Waals surface area contributed by atoms with Gasteiger partial charge < -0.3 is 5.32 Å². The Kier molecular flexibility index (Phi) is 5.02. The van der Waals surface area contributed by atoms with Crippen LogP contribution in [0, 0.1) is 0 Å². The number of nitrogens with zero attached hydrogens (tertiary/aromatic N) is 1. The summed E-state index contributed by atoms with van der Waals surface area (Å²) in [5.41, 5.74) is 0. The first-order valence-corrected chi connectivity index (χ1v) is 6.96. The van der Waals surface area contributed by atoms with Gasteiger partial charge in [0.1, 0.15) is 0 Å². The van der Waals surface area contributed by atoms with Crippen molar-refractivity contribution >= 4 is 28.7 Å². The highest BCUT2D eigenvalue weighted by atomic mass is 32.2. The molecule has 2 unspecified atom stereocenters. The Morgan fingerprint density at radius 2 is 2.54 bits per heavy atom. The molecule has 0 aromatic heterocycles. The maximum atomic E-state index is 4.52. The summed E-state index contributed by atoms with van der Waals surface area (Å²) >= 11 is 3.75. The lowest BCUT2D eigenvalue weighted by Crippen LogP contribution is -2.23. The van der Waals surface area contributed by atoms with Gasteiger partial charge >= 0.3 is 0 Å². The van der Waals surface area contributed by atoms with Crippen LogP contribution in [0.25, 0.3) is 0 Å². The quantitative estimate of drug-likeness (QED) is 0.783. The molecule has 2 nitrogen and oxygen atoms in total. The maximum absolute atomic E-state index is 4.52. The monoisotopic (exact) mass is 218 g/mol. The fourth-order valence-corrected chi connectivity index (χ4v) is 2.35. The van der Waals surface area contributed by atoms with Crippen molar-refractivity contribution in [3.8, 4) is 0 Å². The van der Waals surface area contributed by atoms with Gasteiger partial charge in [-0.05, 0) is 19.6 Å². The summed E-state index contributed by atoms with van der Waals surface area (Å²) < 4.78 is 0. The first kappa shape index (κ1) is 11.2. The van der Waals surface area contributed by atoms with Crippen LogP contribution in [0.15, 0.2) is 4.99 Å². The largest absolute Gasteiger partial charge is 0.362 e. The van der Waals surface area contributed by atoms with E-state index in [1.165, 1.54) is 6.42 Å². The fraction of sp³-hybridized carbons (Fsp3) is 0.889. The minimum atomic E-state index is 0.599. The zero-order valence-corrected chi connectivity index (χ0v) is 10.2. The molecule has 1 heterocycles. The highest BCUT2D eigenvalue weighted by Crippen LogP contribution is 2.14. The molecule has 0 aromatic carbocycles. The molecule has 0 aliphatic carbocycles. The molecular formula is C9H18N2S2. The zero-order valence-electron chi connectivity index (χ0n) is 8.54. The molecule has 1 aliphatic heterocycles. The summed E-state index contributed by atoms with van der Waals surface area (Å²) in [5, 5.41) is 5.22. The second kappa shape index (κ2) is 5.81. The van der Waals surface area contributed by atoms with Crippen LogP contribution in [0.4, 0.5) is 0 Å². The topological polar surface area (TPSA) is 24.4 Å². The highest BCUT2D eigenvalue weighted by molar-refractivity contribution is 8.14. The van der Waals surface area contributed by atoms with Crippen molar-refractivity contribution in [1.82, 2.24) is 5.32 Å². The molecule has 0 spiro atoms. The minimum absolute atomic E-state index is 0.599. The SMILES string of the molecule is CSC(C)CCN=C1NC(C)CS1. The molecule has 0 bridgehead atoms. The third-order valence-corrected chi connectivity index (χ3v) is 4.26. The second-order valence-corrected chi connectivity index (χ2v) is 5.66. The average molecular weight is 218 g/mol. The first-order valence-electron chi connectivity index (χ1n) is 4.69. The second-order valence-electron chi connectivity index (χ2n) is 3.38. The van der Waals surface area contributed by atoms with Gasteiger partial charge in [-0.1, -0.05) is 18.7 Å². The van der Waals surface area contributed by atoms with Crippen molar-refractivity contribution in [1.29, 1.82) is 0 Å².